The number of anilines is 1. The molecule has 5 nitrogen and oxygen atoms in total. The number of nitrogens with zero attached hydrogens (tertiary/aromatic N) is 1. The molecule has 0 saturated heterocycles. The van der Waals surface area contributed by atoms with E-state index in [9.17, 15) is 13.2 Å². The number of amides is 1. The standard InChI is InChI=1S/C20H26N2O3S/c1-4-22(5-2)26(24,25)19-13-9-12-18(15-19)21-20(23)14-16(3)17-10-7-6-8-11-17/h6-13,15-16H,4-5,14H2,1-3H3,(H,21,23). The third-order valence-electron chi connectivity index (χ3n) is 4.32. The predicted molar refractivity (Wildman–Crippen MR) is 105 cm³/mol. The first-order valence-corrected chi connectivity index (χ1v) is 10.3. The van der Waals surface area contributed by atoms with Gasteiger partial charge in [0.1, 0.15) is 0 Å². The lowest BCUT2D eigenvalue weighted by molar-refractivity contribution is -0.116. The van der Waals surface area contributed by atoms with E-state index in [0.29, 0.717) is 25.2 Å². The number of carbonyl (C=O) groups excluding carboxylic acids is 1. The van der Waals surface area contributed by atoms with Gasteiger partial charge < -0.3 is 5.32 Å². The molecule has 0 aliphatic rings. The lowest BCUT2D eigenvalue weighted by atomic mass is 9.97. The molecule has 0 aromatic heterocycles. The van der Waals surface area contributed by atoms with Crippen LogP contribution in [0.1, 0.15) is 38.7 Å². The van der Waals surface area contributed by atoms with Gasteiger partial charge in [-0.2, -0.15) is 4.31 Å². The molecule has 1 amide bonds. The lowest BCUT2D eigenvalue weighted by Crippen LogP contribution is -2.30. The molecule has 1 N–H and O–H groups in total. The SMILES string of the molecule is CCN(CC)S(=O)(=O)c1cccc(NC(=O)CC(C)c2ccccc2)c1. The van der Waals surface area contributed by atoms with Crippen molar-refractivity contribution in [1.29, 1.82) is 0 Å². The third-order valence-corrected chi connectivity index (χ3v) is 6.37. The minimum Gasteiger partial charge on any atom is -0.326 e. The van der Waals surface area contributed by atoms with Crippen LogP contribution in [0.2, 0.25) is 0 Å². The van der Waals surface area contributed by atoms with Crippen LogP contribution < -0.4 is 5.32 Å². The molecular weight excluding hydrogens is 348 g/mol. The third kappa shape index (κ3) is 4.93. The van der Waals surface area contributed by atoms with E-state index in [2.05, 4.69) is 5.32 Å². The smallest absolute Gasteiger partial charge is 0.243 e. The highest BCUT2D eigenvalue weighted by Crippen LogP contribution is 2.22. The zero-order valence-electron chi connectivity index (χ0n) is 15.5. The maximum absolute atomic E-state index is 12.6. The molecule has 0 radical (unpaired) electrons. The molecule has 0 bridgehead atoms. The Morgan fingerprint density at radius 3 is 2.31 bits per heavy atom. The van der Waals surface area contributed by atoms with Crippen LogP contribution >= 0.6 is 0 Å². The van der Waals surface area contributed by atoms with Gasteiger partial charge in [0.15, 0.2) is 0 Å². The summed E-state index contributed by atoms with van der Waals surface area (Å²) in [6.07, 6.45) is 0.330. The summed E-state index contributed by atoms with van der Waals surface area (Å²) in [5, 5.41) is 2.81. The molecule has 1 unspecified atom stereocenters. The Hall–Kier alpha value is -2.18. The van der Waals surface area contributed by atoms with Crippen molar-refractivity contribution in [2.45, 2.75) is 38.0 Å². The van der Waals surface area contributed by atoms with Gasteiger partial charge in [-0.25, -0.2) is 8.42 Å². The molecule has 0 spiro atoms. The van der Waals surface area contributed by atoms with Crippen LogP contribution in [0.4, 0.5) is 5.69 Å². The summed E-state index contributed by atoms with van der Waals surface area (Å²) in [6, 6.07) is 16.2. The monoisotopic (exact) mass is 374 g/mol. The quantitative estimate of drug-likeness (QED) is 0.763. The average molecular weight is 375 g/mol. The van der Waals surface area contributed by atoms with Crippen molar-refractivity contribution in [3.63, 3.8) is 0 Å². The van der Waals surface area contributed by atoms with Gasteiger partial charge in [-0.05, 0) is 29.7 Å². The number of hydrogen-bond donors (Lipinski definition) is 1. The van der Waals surface area contributed by atoms with Crippen LogP contribution in [-0.2, 0) is 14.8 Å². The summed E-state index contributed by atoms with van der Waals surface area (Å²) in [7, 11) is -3.54. The Morgan fingerprint density at radius 2 is 1.69 bits per heavy atom. The van der Waals surface area contributed by atoms with Crippen molar-refractivity contribution >= 4 is 21.6 Å². The van der Waals surface area contributed by atoms with Crippen LogP contribution in [0.25, 0.3) is 0 Å². The van der Waals surface area contributed by atoms with Crippen molar-refractivity contribution in [2.75, 3.05) is 18.4 Å². The van der Waals surface area contributed by atoms with E-state index < -0.39 is 10.0 Å². The van der Waals surface area contributed by atoms with Crippen molar-refractivity contribution in [3.05, 3.63) is 60.2 Å². The molecule has 0 heterocycles. The number of nitrogens with one attached hydrogen (secondary N) is 1. The van der Waals surface area contributed by atoms with E-state index in [1.807, 2.05) is 37.3 Å². The molecule has 1 atom stereocenters. The fraction of sp³-hybridized carbons (Fsp3) is 0.350. The maximum atomic E-state index is 12.6. The summed E-state index contributed by atoms with van der Waals surface area (Å²) < 4.78 is 26.6. The molecule has 0 fully saturated rings. The van der Waals surface area contributed by atoms with Crippen molar-refractivity contribution < 1.29 is 13.2 Å². The second-order valence-corrected chi connectivity index (χ2v) is 8.12. The molecule has 0 aliphatic carbocycles. The minimum absolute atomic E-state index is 0.0822. The van der Waals surface area contributed by atoms with Gasteiger partial charge in [0.2, 0.25) is 15.9 Å². The van der Waals surface area contributed by atoms with E-state index in [1.165, 1.54) is 10.4 Å². The van der Waals surface area contributed by atoms with Crippen LogP contribution in [0.3, 0.4) is 0 Å². The highest BCUT2D eigenvalue weighted by Gasteiger charge is 2.22. The van der Waals surface area contributed by atoms with Gasteiger partial charge in [-0.1, -0.05) is 57.2 Å². The first-order valence-electron chi connectivity index (χ1n) is 8.83. The van der Waals surface area contributed by atoms with E-state index in [4.69, 9.17) is 0 Å². The first-order chi connectivity index (χ1) is 12.4. The number of sulfonamides is 1. The summed E-state index contributed by atoms with van der Waals surface area (Å²) in [5.41, 5.74) is 1.59. The molecule has 0 saturated carbocycles. The van der Waals surface area contributed by atoms with Gasteiger partial charge >= 0.3 is 0 Å². The largest absolute Gasteiger partial charge is 0.326 e. The molecule has 0 aliphatic heterocycles. The predicted octanol–water partition coefficient (Wildman–Crippen LogP) is 3.85. The van der Waals surface area contributed by atoms with E-state index in [-0.39, 0.29) is 16.7 Å². The first kappa shape index (κ1) is 20.1. The zero-order valence-corrected chi connectivity index (χ0v) is 16.3. The van der Waals surface area contributed by atoms with E-state index in [1.54, 1.807) is 32.0 Å². The van der Waals surface area contributed by atoms with Gasteiger partial charge in [0, 0.05) is 25.2 Å². The number of hydrogen-bond acceptors (Lipinski definition) is 3. The molecule has 140 valence electrons. The Bertz CT molecular complexity index is 831. The second kappa shape index (κ2) is 8.96. The van der Waals surface area contributed by atoms with E-state index in [0.717, 1.165) is 5.56 Å². The van der Waals surface area contributed by atoms with Gasteiger partial charge in [-0.15, -0.1) is 0 Å². The fourth-order valence-electron chi connectivity index (χ4n) is 2.84. The Balaban J connectivity index is 2.10. The molecule has 2 aromatic carbocycles. The van der Waals surface area contributed by atoms with Gasteiger partial charge in [0.05, 0.1) is 4.90 Å². The van der Waals surface area contributed by atoms with Crippen molar-refractivity contribution in [1.82, 2.24) is 4.31 Å². The highest BCUT2D eigenvalue weighted by molar-refractivity contribution is 7.89. The minimum atomic E-state index is -3.54. The Labute approximate surface area is 156 Å². The maximum Gasteiger partial charge on any atom is 0.243 e. The summed E-state index contributed by atoms with van der Waals surface area (Å²) in [4.78, 5) is 12.5. The number of carbonyl (C=O) groups is 1. The van der Waals surface area contributed by atoms with Gasteiger partial charge in [-0.3, -0.25) is 4.79 Å². The molecule has 26 heavy (non-hydrogen) atoms. The Kier molecular flexibility index (Phi) is 6.94. The van der Waals surface area contributed by atoms with Gasteiger partial charge in [0.25, 0.3) is 0 Å². The summed E-state index contributed by atoms with van der Waals surface area (Å²) in [6.45, 7) is 6.42. The average Bonchev–Trinajstić information content (AvgIpc) is 2.63. The van der Waals surface area contributed by atoms with Crippen LogP contribution in [-0.4, -0.2) is 31.7 Å². The summed E-state index contributed by atoms with van der Waals surface area (Å²) >= 11 is 0. The fourth-order valence-corrected chi connectivity index (χ4v) is 4.34. The normalized spacial score (nSPS) is 12.8. The van der Waals surface area contributed by atoms with Crippen molar-refractivity contribution in [2.24, 2.45) is 0 Å². The second-order valence-electron chi connectivity index (χ2n) is 6.18. The lowest BCUT2D eigenvalue weighted by Gasteiger charge is -2.19. The van der Waals surface area contributed by atoms with Crippen molar-refractivity contribution in [3.8, 4) is 0 Å². The molecule has 2 aromatic rings. The summed E-state index contributed by atoms with van der Waals surface area (Å²) in [5.74, 6) is -0.0578. The zero-order chi connectivity index (χ0) is 19.2. The number of rotatable bonds is 8. The Morgan fingerprint density at radius 1 is 1.04 bits per heavy atom. The molecule has 2 rings (SSSR count). The molecule has 6 heteroatoms. The highest BCUT2D eigenvalue weighted by atomic mass is 32.2. The van der Waals surface area contributed by atoms with E-state index >= 15 is 0 Å². The number of benzene rings is 2. The van der Waals surface area contributed by atoms with Crippen LogP contribution in [0.5, 0.6) is 0 Å². The van der Waals surface area contributed by atoms with Crippen LogP contribution in [0.15, 0.2) is 59.5 Å². The van der Waals surface area contributed by atoms with Crippen LogP contribution in [0, 0.1) is 0 Å². The topological polar surface area (TPSA) is 66.5 Å². The molecular formula is C20H26N2O3S.